The fourth-order valence-electron chi connectivity index (χ4n) is 3.87. The van der Waals surface area contributed by atoms with Crippen molar-refractivity contribution in [3.05, 3.63) is 29.6 Å². The Morgan fingerprint density at radius 2 is 2.13 bits per heavy atom. The summed E-state index contributed by atoms with van der Waals surface area (Å²) in [6.45, 7) is 8.75. The van der Waals surface area contributed by atoms with Crippen LogP contribution in [0.15, 0.2) is 18.3 Å². The lowest BCUT2D eigenvalue weighted by Crippen LogP contribution is -2.46. The second-order valence-corrected chi connectivity index (χ2v) is 9.38. The Balaban J connectivity index is 1.59. The van der Waals surface area contributed by atoms with Gasteiger partial charge in [0.05, 0.1) is 19.3 Å². The number of likely N-dealkylation sites (N-methyl/N-ethyl adjacent to an activating group) is 1. The van der Waals surface area contributed by atoms with Gasteiger partial charge in [0, 0.05) is 36.1 Å². The molecule has 0 bridgehead atoms. The summed E-state index contributed by atoms with van der Waals surface area (Å²) in [5.74, 6) is 2.05. The number of ether oxygens (including phenoxy) is 2. The minimum atomic E-state index is -0.274. The van der Waals surface area contributed by atoms with E-state index in [1.54, 1.807) is 6.20 Å². The van der Waals surface area contributed by atoms with Crippen molar-refractivity contribution in [1.29, 1.82) is 0 Å². The Labute approximate surface area is 183 Å². The predicted molar refractivity (Wildman–Crippen MR) is 118 cm³/mol. The van der Waals surface area contributed by atoms with Gasteiger partial charge in [-0.2, -0.15) is 0 Å². The van der Waals surface area contributed by atoms with Gasteiger partial charge in [-0.25, -0.2) is 9.97 Å². The molecule has 4 rings (SSSR count). The van der Waals surface area contributed by atoms with Crippen molar-refractivity contribution in [1.82, 2.24) is 20.3 Å². The van der Waals surface area contributed by atoms with Crippen LogP contribution in [0.4, 0.5) is 5.82 Å². The third-order valence-electron chi connectivity index (χ3n) is 5.46. The maximum Gasteiger partial charge on any atom is 0.239 e. The summed E-state index contributed by atoms with van der Waals surface area (Å²) < 4.78 is 11.4. The van der Waals surface area contributed by atoms with Gasteiger partial charge in [0.15, 0.2) is 5.82 Å². The molecule has 1 saturated heterocycles. The normalized spacial score (nSPS) is 20.0. The molecule has 0 spiro atoms. The van der Waals surface area contributed by atoms with Crippen molar-refractivity contribution in [3.8, 4) is 17.3 Å². The van der Waals surface area contributed by atoms with Gasteiger partial charge in [0.2, 0.25) is 5.91 Å². The molecule has 0 aromatic carbocycles. The van der Waals surface area contributed by atoms with Gasteiger partial charge in [-0.05, 0) is 53.0 Å². The van der Waals surface area contributed by atoms with Crippen molar-refractivity contribution in [2.75, 3.05) is 25.1 Å². The number of hydrogen-bond acceptors (Lipinski definition) is 7. The number of nitrogens with one attached hydrogen (secondary N) is 1. The number of carbonyl (C=O) groups excluding carboxylic acids is 1. The van der Waals surface area contributed by atoms with Crippen molar-refractivity contribution in [2.45, 2.75) is 64.7 Å². The van der Waals surface area contributed by atoms with Crippen molar-refractivity contribution >= 4 is 11.7 Å². The standard InChI is InChI=1S/C23H31N5O3/c1-14-19(13-30-14)31-15-9-10-24-18(11-15)21-25-17-8-6-7-16(17)22(26-21)28(5)12-20(29)27-23(2,3)4/h9-11,14,19H,6-8,12-13H2,1-5H3,(H,27,29). The predicted octanol–water partition coefficient (Wildman–Crippen LogP) is 2.54. The van der Waals surface area contributed by atoms with E-state index < -0.39 is 0 Å². The van der Waals surface area contributed by atoms with Crippen LogP contribution in [-0.2, 0) is 22.4 Å². The minimum Gasteiger partial charge on any atom is -0.485 e. The molecule has 1 N–H and O–H groups in total. The second kappa shape index (κ2) is 8.42. The van der Waals surface area contributed by atoms with E-state index in [0.29, 0.717) is 18.1 Å². The fraction of sp³-hybridized carbons (Fsp3) is 0.565. The van der Waals surface area contributed by atoms with Crippen LogP contribution in [0.1, 0.15) is 45.4 Å². The first kappa shape index (κ1) is 21.5. The summed E-state index contributed by atoms with van der Waals surface area (Å²) >= 11 is 0. The third kappa shape index (κ3) is 4.95. The number of hydrogen-bond donors (Lipinski definition) is 1. The maximum atomic E-state index is 12.5. The molecule has 0 radical (unpaired) electrons. The largest absolute Gasteiger partial charge is 0.485 e. The summed E-state index contributed by atoms with van der Waals surface area (Å²) in [6.07, 6.45) is 4.73. The zero-order chi connectivity index (χ0) is 22.2. The van der Waals surface area contributed by atoms with E-state index in [0.717, 1.165) is 42.1 Å². The molecule has 3 heterocycles. The fourth-order valence-corrected chi connectivity index (χ4v) is 3.87. The molecule has 0 saturated carbocycles. The number of fused-ring (bicyclic) bond motifs is 1. The first-order valence-electron chi connectivity index (χ1n) is 10.9. The highest BCUT2D eigenvalue weighted by Crippen LogP contribution is 2.31. The summed E-state index contributed by atoms with van der Waals surface area (Å²) in [6, 6.07) is 3.71. The van der Waals surface area contributed by atoms with E-state index in [-0.39, 0.29) is 30.2 Å². The Morgan fingerprint density at radius 3 is 2.81 bits per heavy atom. The van der Waals surface area contributed by atoms with Crippen LogP contribution in [-0.4, -0.2) is 58.8 Å². The van der Waals surface area contributed by atoms with E-state index in [1.807, 2.05) is 51.8 Å². The van der Waals surface area contributed by atoms with Crippen molar-refractivity contribution in [3.63, 3.8) is 0 Å². The Bertz CT molecular complexity index is 972. The topological polar surface area (TPSA) is 89.5 Å². The Morgan fingerprint density at radius 1 is 1.32 bits per heavy atom. The van der Waals surface area contributed by atoms with E-state index in [1.165, 1.54) is 0 Å². The Hall–Kier alpha value is -2.74. The molecule has 1 aliphatic carbocycles. The number of aryl methyl sites for hydroxylation is 1. The third-order valence-corrected chi connectivity index (χ3v) is 5.46. The van der Waals surface area contributed by atoms with Gasteiger partial charge >= 0.3 is 0 Å². The van der Waals surface area contributed by atoms with E-state index >= 15 is 0 Å². The van der Waals surface area contributed by atoms with E-state index in [9.17, 15) is 4.79 Å². The molecule has 2 unspecified atom stereocenters. The van der Waals surface area contributed by atoms with Crippen LogP contribution in [0.3, 0.4) is 0 Å². The van der Waals surface area contributed by atoms with Gasteiger partial charge < -0.3 is 19.7 Å². The van der Waals surface area contributed by atoms with Crippen LogP contribution in [0, 0.1) is 0 Å². The first-order valence-corrected chi connectivity index (χ1v) is 10.9. The molecule has 1 fully saturated rings. The highest BCUT2D eigenvalue weighted by atomic mass is 16.6. The summed E-state index contributed by atoms with van der Waals surface area (Å²) in [4.78, 5) is 28.5. The smallest absolute Gasteiger partial charge is 0.239 e. The highest BCUT2D eigenvalue weighted by Gasteiger charge is 2.30. The monoisotopic (exact) mass is 425 g/mol. The first-order chi connectivity index (χ1) is 14.7. The van der Waals surface area contributed by atoms with Crippen molar-refractivity contribution in [2.24, 2.45) is 0 Å². The average Bonchev–Trinajstić information content (AvgIpc) is 3.17. The zero-order valence-electron chi connectivity index (χ0n) is 18.9. The zero-order valence-corrected chi connectivity index (χ0v) is 18.9. The molecule has 2 aliphatic rings. The van der Waals surface area contributed by atoms with Crippen molar-refractivity contribution < 1.29 is 14.3 Å². The van der Waals surface area contributed by atoms with E-state index in [2.05, 4.69) is 10.3 Å². The lowest BCUT2D eigenvalue weighted by Gasteiger charge is -2.34. The number of nitrogens with zero attached hydrogens (tertiary/aromatic N) is 4. The molecule has 1 amide bonds. The number of pyridine rings is 1. The molecule has 2 atom stereocenters. The second-order valence-electron chi connectivity index (χ2n) is 9.38. The van der Waals surface area contributed by atoms with Gasteiger partial charge in [0.25, 0.3) is 0 Å². The molecule has 1 aliphatic heterocycles. The number of aromatic nitrogens is 3. The van der Waals surface area contributed by atoms with Gasteiger partial charge in [-0.1, -0.05) is 0 Å². The van der Waals surface area contributed by atoms with Crippen LogP contribution >= 0.6 is 0 Å². The SMILES string of the molecule is CC1OCC1Oc1ccnc(-c2nc3c(c(N(C)CC(=O)NC(C)(C)C)n2)CCC3)c1. The molecular formula is C23H31N5O3. The lowest BCUT2D eigenvalue weighted by molar-refractivity contribution is -0.139. The van der Waals surface area contributed by atoms with Crippen LogP contribution < -0.4 is 15.0 Å². The lowest BCUT2D eigenvalue weighted by atomic mass is 10.1. The molecule has 2 aromatic heterocycles. The molecular weight excluding hydrogens is 394 g/mol. The van der Waals surface area contributed by atoms with Crippen LogP contribution in [0.25, 0.3) is 11.5 Å². The van der Waals surface area contributed by atoms with Gasteiger partial charge in [-0.3, -0.25) is 9.78 Å². The molecule has 2 aromatic rings. The summed E-state index contributed by atoms with van der Waals surface area (Å²) in [5.41, 5.74) is 2.55. The average molecular weight is 426 g/mol. The maximum absolute atomic E-state index is 12.5. The van der Waals surface area contributed by atoms with Gasteiger partial charge in [-0.15, -0.1) is 0 Å². The Kier molecular flexibility index (Phi) is 5.83. The number of anilines is 1. The summed E-state index contributed by atoms with van der Waals surface area (Å²) in [5, 5.41) is 3.01. The van der Waals surface area contributed by atoms with Crippen LogP contribution in [0.2, 0.25) is 0 Å². The molecule has 166 valence electrons. The number of amides is 1. The number of carbonyl (C=O) groups is 1. The summed E-state index contributed by atoms with van der Waals surface area (Å²) in [7, 11) is 1.90. The van der Waals surface area contributed by atoms with E-state index in [4.69, 9.17) is 19.4 Å². The van der Waals surface area contributed by atoms with Gasteiger partial charge in [0.1, 0.15) is 23.4 Å². The molecule has 8 nitrogen and oxygen atoms in total. The highest BCUT2D eigenvalue weighted by molar-refractivity contribution is 5.82. The quantitative estimate of drug-likeness (QED) is 0.761. The number of rotatable bonds is 6. The van der Waals surface area contributed by atoms with Crippen LogP contribution in [0.5, 0.6) is 5.75 Å². The molecule has 31 heavy (non-hydrogen) atoms. The molecule has 8 heteroatoms. The minimum absolute atomic E-state index is 0.0349.